The van der Waals surface area contributed by atoms with Crippen LogP contribution in [0.5, 0.6) is 0 Å². The monoisotopic (exact) mass is 297 g/mol. The molecule has 0 radical (unpaired) electrons. The number of H-pyrrole nitrogens is 1. The fraction of sp³-hybridized carbons (Fsp3) is 0.417. The number of hydrogen-bond acceptors (Lipinski definition) is 2. The summed E-state index contributed by atoms with van der Waals surface area (Å²) in [6.45, 7) is 1.03. The first kappa shape index (κ1) is 11.2. The quantitative estimate of drug-likeness (QED) is 0.848. The van der Waals surface area contributed by atoms with E-state index >= 15 is 0 Å². The molecule has 0 bridgehead atoms. The van der Waals surface area contributed by atoms with Crippen molar-refractivity contribution in [3.8, 4) is 0 Å². The third-order valence-electron chi connectivity index (χ3n) is 3.18. The van der Waals surface area contributed by atoms with Gasteiger partial charge in [0.15, 0.2) is 0 Å². The third kappa shape index (κ3) is 2.09. The van der Waals surface area contributed by atoms with Gasteiger partial charge in [-0.15, -0.1) is 0 Å². The standard InChI is InChI=1S/C12H13BrFN3/c13-7-5-10-11(6-8(7)14)17-12(16-10)9-3-1-2-4-15-9/h5-6,9,15H,1-4H2,(H,16,17). The molecule has 1 unspecified atom stereocenters. The SMILES string of the molecule is Fc1cc2[nH]c(C3CCCCN3)nc2cc1Br. The summed E-state index contributed by atoms with van der Waals surface area (Å²) in [7, 11) is 0. The highest BCUT2D eigenvalue weighted by molar-refractivity contribution is 9.10. The van der Waals surface area contributed by atoms with Crippen LogP contribution in [0.1, 0.15) is 31.1 Å². The van der Waals surface area contributed by atoms with E-state index in [1.54, 1.807) is 6.07 Å². The average Bonchev–Trinajstić information content (AvgIpc) is 2.74. The van der Waals surface area contributed by atoms with Crippen molar-refractivity contribution in [1.82, 2.24) is 15.3 Å². The van der Waals surface area contributed by atoms with Crippen LogP contribution < -0.4 is 5.32 Å². The first-order chi connectivity index (χ1) is 8.24. The van der Waals surface area contributed by atoms with Crippen LogP contribution in [0.3, 0.4) is 0 Å². The van der Waals surface area contributed by atoms with E-state index in [0.717, 1.165) is 29.8 Å². The maximum Gasteiger partial charge on any atom is 0.139 e. The van der Waals surface area contributed by atoms with Gasteiger partial charge >= 0.3 is 0 Å². The molecule has 5 heteroatoms. The van der Waals surface area contributed by atoms with Crippen molar-refractivity contribution in [3.05, 3.63) is 28.2 Å². The number of imidazole rings is 1. The Morgan fingerprint density at radius 2 is 2.24 bits per heavy atom. The maximum atomic E-state index is 13.4. The predicted molar refractivity (Wildman–Crippen MR) is 68.3 cm³/mol. The highest BCUT2D eigenvalue weighted by Crippen LogP contribution is 2.26. The molecule has 0 spiro atoms. The van der Waals surface area contributed by atoms with Crippen molar-refractivity contribution in [2.24, 2.45) is 0 Å². The summed E-state index contributed by atoms with van der Waals surface area (Å²) in [5.41, 5.74) is 1.56. The summed E-state index contributed by atoms with van der Waals surface area (Å²) in [4.78, 5) is 7.72. The molecule has 90 valence electrons. The first-order valence-electron chi connectivity index (χ1n) is 5.82. The molecule has 17 heavy (non-hydrogen) atoms. The molecule has 0 amide bonds. The molecule has 3 nitrogen and oxygen atoms in total. The molecule has 1 aromatic heterocycles. The number of nitrogens with zero attached hydrogens (tertiary/aromatic N) is 1. The zero-order valence-electron chi connectivity index (χ0n) is 9.26. The molecule has 3 rings (SSSR count). The van der Waals surface area contributed by atoms with Gasteiger partial charge in [-0.05, 0) is 41.4 Å². The summed E-state index contributed by atoms with van der Waals surface area (Å²) < 4.78 is 13.8. The Bertz CT molecular complexity index is 507. The van der Waals surface area contributed by atoms with Crippen LogP contribution in [0.25, 0.3) is 11.0 Å². The summed E-state index contributed by atoms with van der Waals surface area (Å²) in [6.07, 6.45) is 3.52. The molecule has 1 fully saturated rings. The number of benzene rings is 1. The fourth-order valence-electron chi connectivity index (χ4n) is 2.27. The molecule has 0 aliphatic carbocycles. The third-order valence-corrected chi connectivity index (χ3v) is 3.79. The molecule has 2 heterocycles. The number of nitrogens with one attached hydrogen (secondary N) is 2. The number of aromatic amines is 1. The number of piperidine rings is 1. The van der Waals surface area contributed by atoms with E-state index < -0.39 is 0 Å². The van der Waals surface area contributed by atoms with Gasteiger partial charge in [0.2, 0.25) is 0 Å². The summed E-state index contributed by atoms with van der Waals surface area (Å²) in [6, 6.07) is 3.48. The average molecular weight is 298 g/mol. The van der Waals surface area contributed by atoms with Gasteiger partial charge in [0, 0.05) is 6.07 Å². The molecule has 1 saturated heterocycles. The number of fused-ring (bicyclic) bond motifs is 1. The van der Waals surface area contributed by atoms with E-state index in [2.05, 4.69) is 31.2 Å². The second-order valence-corrected chi connectivity index (χ2v) is 5.26. The Labute approximate surface area is 107 Å². The van der Waals surface area contributed by atoms with Crippen LogP contribution >= 0.6 is 15.9 Å². The van der Waals surface area contributed by atoms with Crippen LogP contribution in [0.15, 0.2) is 16.6 Å². The first-order valence-corrected chi connectivity index (χ1v) is 6.61. The van der Waals surface area contributed by atoms with Crippen LogP contribution in [-0.4, -0.2) is 16.5 Å². The summed E-state index contributed by atoms with van der Waals surface area (Å²) >= 11 is 3.18. The molecular formula is C12H13BrFN3. The van der Waals surface area contributed by atoms with Gasteiger partial charge in [-0.25, -0.2) is 9.37 Å². The highest BCUT2D eigenvalue weighted by Gasteiger charge is 2.18. The van der Waals surface area contributed by atoms with Crippen molar-refractivity contribution in [2.75, 3.05) is 6.54 Å². The van der Waals surface area contributed by atoms with E-state index in [1.165, 1.54) is 18.9 Å². The minimum absolute atomic E-state index is 0.260. The van der Waals surface area contributed by atoms with E-state index in [9.17, 15) is 4.39 Å². The molecule has 1 aromatic carbocycles. The minimum Gasteiger partial charge on any atom is -0.341 e. The smallest absolute Gasteiger partial charge is 0.139 e. The maximum absolute atomic E-state index is 13.4. The van der Waals surface area contributed by atoms with E-state index in [4.69, 9.17) is 0 Å². The van der Waals surface area contributed by atoms with Crippen molar-refractivity contribution in [2.45, 2.75) is 25.3 Å². The van der Waals surface area contributed by atoms with Gasteiger partial charge in [-0.1, -0.05) is 6.42 Å². The number of aromatic nitrogens is 2. The van der Waals surface area contributed by atoms with Crippen LogP contribution in [0.2, 0.25) is 0 Å². The van der Waals surface area contributed by atoms with Gasteiger partial charge in [0.1, 0.15) is 11.6 Å². The Balaban J connectivity index is 2.00. The number of halogens is 2. The summed E-state index contributed by atoms with van der Waals surface area (Å²) in [5, 5.41) is 3.43. The van der Waals surface area contributed by atoms with Gasteiger partial charge in [-0.3, -0.25) is 0 Å². The molecule has 1 atom stereocenters. The Kier molecular flexibility index (Phi) is 2.88. The number of rotatable bonds is 1. The lowest BCUT2D eigenvalue weighted by atomic mass is 10.0. The molecule has 1 aliphatic rings. The molecule has 2 aromatic rings. The molecule has 0 saturated carbocycles. The Hall–Kier alpha value is -0.940. The highest BCUT2D eigenvalue weighted by atomic mass is 79.9. The molecular weight excluding hydrogens is 285 g/mol. The Morgan fingerprint density at radius 3 is 3.00 bits per heavy atom. The van der Waals surface area contributed by atoms with Crippen molar-refractivity contribution >= 4 is 27.0 Å². The normalized spacial score (nSPS) is 20.9. The van der Waals surface area contributed by atoms with Crippen molar-refractivity contribution in [1.29, 1.82) is 0 Å². The summed E-state index contributed by atoms with van der Waals surface area (Å²) in [5.74, 6) is 0.654. The van der Waals surface area contributed by atoms with Crippen molar-refractivity contribution < 1.29 is 4.39 Å². The van der Waals surface area contributed by atoms with Crippen molar-refractivity contribution in [3.63, 3.8) is 0 Å². The fourth-order valence-corrected chi connectivity index (χ4v) is 2.61. The zero-order chi connectivity index (χ0) is 11.8. The minimum atomic E-state index is -0.260. The van der Waals surface area contributed by atoms with Crippen LogP contribution in [0.4, 0.5) is 4.39 Å². The largest absolute Gasteiger partial charge is 0.341 e. The predicted octanol–water partition coefficient (Wildman–Crippen LogP) is 3.28. The van der Waals surface area contributed by atoms with Gasteiger partial charge in [0.25, 0.3) is 0 Å². The second-order valence-electron chi connectivity index (χ2n) is 4.41. The zero-order valence-corrected chi connectivity index (χ0v) is 10.8. The van der Waals surface area contributed by atoms with Gasteiger partial charge in [0.05, 0.1) is 21.5 Å². The lowest BCUT2D eigenvalue weighted by molar-refractivity contribution is 0.400. The Morgan fingerprint density at radius 1 is 1.35 bits per heavy atom. The topological polar surface area (TPSA) is 40.7 Å². The van der Waals surface area contributed by atoms with Crippen LogP contribution in [-0.2, 0) is 0 Å². The number of hydrogen-bond donors (Lipinski definition) is 2. The lowest BCUT2D eigenvalue weighted by Gasteiger charge is -2.21. The van der Waals surface area contributed by atoms with Gasteiger partial charge in [-0.2, -0.15) is 0 Å². The van der Waals surface area contributed by atoms with Gasteiger partial charge < -0.3 is 10.3 Å². The second kappa shape index (κ2) is 4.38. The van der Waals surface area contributed by atoms with E-state index in [1.807, 2.05) is 0 Å². The lowest BCUT2D eigenvalue weighted by Crippen LogP contribution is -2.27. The molecule has 1 aliphatic heterocycles. The van der Waals surface area contributed by atoms with E-state index in [0.29, 0.717) is 4.47 Å². The van der Waals surface area contributed by atoms with Crippen LogP contribution in [0, 0.1) is 5.82 Å². The van der Waals surface area contributed by atoms with E-state index in [-0.39, 0.29) is 11.9 Å². The molecule has 2 N–H and O–H groups in total.